The first-order valence-corrected chi connectivity index (χ1v) is 11.8. The first-order valence-electron chi connectivity index (χ1n) is 10.4. The lowest BCUT2D eigenvalue weighted by Crippen LogP contribution is -2.31. The summed E-state index contributed by atoms with van der Waals surface area (Å²) < 4.78 is 33.2. The van der Waals surface area contributed by atoms with Gasteiger partial charge in [0, 0.05) is 25.2 Å². The topological polar surface area (TPSA) is 99.2 Å². The van der Waals surface area contributed by atoms with E-state index in [2.05, 4.69) is 10.3 Å². The maximum absolute atomic E-state index is 12.9. The summed E-state index contributed by atoms with van der Waals surface area (Å²) in [5.41, 5.74) is 1.82. The van der Waals surface area contributed by atoms with Crippen LogP contribution in [0.4, 0.5) is 5.88 Å². The minimum Gasteiger partial charge on any atom is -0.419 e. The van der Waals surface area contributed by atoms with Crippen LogP contribution in [0.1, 0.15) is 36.9 Å². The van der Waals surface area contributed by atoms with Crippen molar-refractivity contribution in [2.45, 2.75) is 37.1 Å². The fourth-order valence-electron chi connectivity index (χ4n) is 3.62. The zero-order valence-corrected chi connectivity index (χ0v) is 17.9. The van der Waals surface area contributed by atoms with Gasteiger partial charge < -0.3 is 9.73 Å². The molecule has 0 radical (unpaired) electrons. The fraction of sp³-hybridized carbons (Fsp3) is 0.304. The number of benzene rings is 2. The summed E-state index contributed by atoms with van der Waals surface area (Å²) in [7, 11) is -3.51. The van der Waals surface area contributed by atoms with Crippen molar-refractivity contribution in [1.82, 2.24) is 9.29 Å². The maximum atomic E-state index is 12.9. The Balaban J connectivity index is 1.52. The average Bonchev–Trinajstić information content (AvgIpc) is 3.01. The van der Waals surface area contributed by atoms with Crippen molar-refractivity contribution in [3.05, 3.63) is 65.9 Å². The molecule has 0 amide bonds. The predicted octanol–water partition coefficient (Wildman–Crippen LogP) is 4.39. The Hall–Kier alpha value is -3.15. The molecule has 1 N–H and O–H groups in total. The number of nitrogens with one attached hydrogen (secondary N) is 1. The minimum atomic E-state index is -3.51. The lowest BCUT2D eigenvalue weighted by molar-refractivity contribution is 0.423. The van der Waals surface area contributed by atoms with Gasteiger partial charge in [-0.3, -0.25) is 0 Å². The molecule has 0 bridgehead atoms. The van der Waals surface area contributed by atoms with Crippen LogP contribution in [0.5, 0.6) is 0 Å². The SMILES string of the molecule is N#Cc1nc(-c2ccc(S(=O)(=O)N3CCCCCC3)cc2)oc1NCc1ccccc1. The summed E-state index contributed by atoms with van der Waals surface area (Å²) in [5, 5.41) is 12.5. The number of hydrogen-bond acceptors (Lipinski definition) is 6. The standard InChI is InChI=1S/C23H24N4O3S/c24-16-21-23(25-17-18-8-4-3-5-9-18)30-22(26-21)19-10-12-20(13-11-19)31(28,29)27-14-6-1-2-7-15-27/h3-5,8-13,25H,1-2,6-7,14-15,17H2. The van der Waals surface area contributed by atoms with Gasteiger partial charge in [0.25, 0.3) is 0 Å². The summed E-state index contributed by atoms with van der Waals surface area (Å²) in [5.74, 6) is 0.563. The summed E-state index contributed by atoms with van der Waals surface area (Å²) in [6.45, 7) is 1.62. The smallest absolute Gasteiger partial charge is 0.243 e. The Labute approximate surface area is 182 Å². The van der Waals surface area contributed by atoms with E-state index in [4.69, 9.17) is 4.42 Å². The quantitative estimate of drug-likeness (QED) is 0.615. The highest BCUT2D eigenvalue weighted by Gasteiger charge is 2.25. The van der Waals surface area contributed by atoms with E-state index < -0.39 is 10.0 Å². The van der Waals surface area contributed by atoms with Gasteiger partial charge >= 0.3 is 0 Å². The van der Waals surface area contributed by atoms with Gasteiger partial charge in [-0.2, -0.15) is 14.6 Å². The third-order valence-corrected chi connectivity index (χ3v) is 7.25. The largest absolute Gasteiger partial charge is 0.419 e. The lowest BCUT2D eigenvalue weighted by atomic mass is 10.2. The van der Waals surface area contributed by atoms with Crippen LogP contribution in [0.25, 0.3) is 11.5 Å². The number of aromatic nitrogens is 1. The molecule has 7 nitrogen and oxygen atoms in total. The van der Waals surface area contributed by atoms with Crippen molar-refractivity contribution >= 4 is 15.9 Å². The molecule has 0 aliphatic carbocycles. The molecule has 0 spiro atoms. The molecular formula is C23H24N4O3S. The average molecular weight is 437 g/mol. The van der Waals surface area contributed by atoms with E-state index in [1.54, 1.807) is 28.6 Å². The van der Waals surface area contributed by atoms with Gasteiger partial charge in [0.1, 0.15) is 6.07 Å². The van der Waals surface area contributed by atoms with Crippen molar-refractivity contribution in [2.24, 2.45) is 0 Å². The molecule has 1 saturated heterocycles. The molecule has 1 aliphatic heterocycles. The van der Waals surface area contributed by atoms with Crippen LogP contribution >= 0.6 is 0 Å². The van der Waals surface area contributed by atoms with Crippen LogP contribution < -0.4 is 5.32 Å². The first kappa shape index (κ1) is 21.1. The van der Waals surface area contributed by atoms with E-state index in [9.17, 15) is 13.7 Å². The van der Waals surface area contributed by atoms with E-state index >= 15 is 0 Å². The Kier molecular flexibility index (Phi) is 6.35. The maximum Gasteiger partial charge on any atom is 0.243 e. The predicted molar refractivity (Wildman–Crippen MR) is 118 cm³/mol. The third-order valence-electron chi connectivity index (χ3n) is 5.33. The lowest BCUT2D eigenvalue weighted by Gasteiger charge is -2.19. The molecular weight excluding hydrogens is 412 g/mol. The van der Waals surface area contributed by atoms with E-state index in [1.807, 2.05) is 36.4 Å². The number of oxazole rings is 1. The van der Waals surface area contributed by atoms with E-state index in [-0.39, 0.29) is 16.5 Å². The highest BCUT2D eigenvalue weighted by Crippen LogP contribution is 2.28. The highest BCUT2D eigenvalue weighted by molar-refractivity contribution is 7.89. The van der Waals surface area contributed by atoms with Gasteiger partial charge in [-0.1, -0.05) is 43.2 Å². The summed E-state index contributed by atoms with van der Waals surface area (Å²) in [6, 6.07) is 18.3. The van der Waals surface area contributed by atoms with Crippen molar-refractivity contribution in [3.8, 4) is 17.5 Å². The molecule has 0 atom stereocenters. The van der Waals surface area contributed by atoms with Crippen molar-refractivity contribution in [3.63, 3.8) is 0 Å². The summed E-state index contributed by atoms with van der Waals surface area (Å²) in [4.78, 5) is 4.51. The molecule has 1 fully saturated rings. The van der Waals surface area contributed by atoms with Crippen molar-refractivity contribution in [1.29, 1.82) is 5.26 Å². The van der Waals surface area contributed by atoms with E-state index in [0.717, 1.165) is 31.2 Å². The molecule has 8 heteroatoms. The summed E-state index contributed by atoms with van der Waals surface area (Å²) in [6.07, 6.45) is 3.92. The number of nitrogens with zero attached hydrogens (tertiary/aromatic N) is 3. The number of anilines is 1. The normalized spacial score (nSPS) is 15.2. The summed E-state index contributed by atoms with van der Waals surface area (Å²) >= 11 is 0. The van der Waals surface area contributed by atoms with E-state index in [1.165, 1.54) is 0 Å². The zero-order valence-electron chi connectivity index (χ0n) is 17.1. The Morgan fingerprint density at radius 1 is 1.00 bits per heavy atom. The van der Waals surface area contributed by atoms with Crippen LogP contribution in [0, 0.1) is 11.3 Å². The van der Waals surface area contributed by atoms with Crippen molar-refractivity contribution in [2.75, 3.05) is 18.4 Å². The molecule has 0 unspecified atom stereocenters. The van der Waals surface area contributed by atoms with E-state index in [0.29, 0.717) is 31.1 Å². The molecule has 31 heavy (non-hydrogen) atoms. The highest BCUT2D eigenvalue weighted by atomic mass is 32.2. The number of hydrogen-bond donors (Lipinski definition) is 1. The van der Waals surface area contributed by atoms with Gasteiger partial charge in [-0.05, 0) is 42.7 Å². The molecule has 2 aromatic carbocycles. The molecule has 3 aromatic rings. The van der Waals surface area contributed by atoms with Crippen LogP contribution in [0.15, 0.2) is 63.9 Å². The third kappa shape index (κ3) is 4.79. The second kappa shape index (κ2) is 9.33. The first-order chi connectivity index (χ1) is 15.1. The van der Waals surface area contributed by atoms with Gasteiger partial charge in [0.15, 0.2) is 0 Å². The molecule has 4 rings (SSSR count). The second-order valence-electron chi connectivity index (χ2n) is 7.49. The Morgan fingerprint density at radius 3 is 2.32 bits per heavy atom. The molecule has 2 heterocycles. The van der Waals surface area contributed by atoms with Gasteiger partial charge in [0.2, 0.25) is 27.5 Å². The molecule has 1 aromatic heterocycles. The molecule has 0 saturated carbocycles. The number of nitriles is 1. The van der Waals surface area contributed by atoms with Gasteiger partial charge in [-0.15, -0.1) is 0 Å². The zero-order chi connectivity index (χ0) is 21.7. The Bertz CT molecular complexity index is 1160. The second-order valence-corrected chi connectivity index (χ2v) is 9.43. The minimum absolute atomic E-state index is 0.159. The molecule has 160 valence electrons. The van der Waals surface area contributed by atoms with Gasteiger partial charge in [-0.25, -0.2) is 8.42 Å². The number of rotatable bonds is 6. The number of sulfonamides is 1. The Morgan fingerprint density at radius 2 is 1.68 bits per heavy atom. The van der Waals surface area contributed by atoms with Crippen LogP contribution in [0.3, 0.4) is 0 Å². The molecule has 1 aliphatic rings. The van der Waals surface area contributed by atoms with Crippen LogP contribution in [0.2, 0.25) is 0 Å². The van der Waals surface area contributed by atoms with Crippen molar-refractivity contribution < 1.29 is 12.8 Å². The van der Waals surface area contributed by atoms with Crippen LogP contribution in [-0.2, 0) is 16.6 Å². The fourth-order valence-corrected chi connectivity index (χ4v) is 5.14. The van der Waals surface area contributed by atoms with Crippen LogP contribution in [-0.4, -0.2) is 30.8 Å². The van der Waals surface area contributed by atoms with Gasteiger partial charge in [0.05, 0.1) is 4.90 Å². The monoisotopic (exact) mass is 436 g/mol.